The van der Waals surface area contributed by atoms with E-state index in [-0.39, 0.29) is 5.91 Å². The van der Waals surface area contributed by atoms with Crippen molar-refractivity contribution < 1.29 is 9.90 Å². The minimum absolute atomic E-state index is 0.0198. The van der Waals surface area contributed by atoms with Crippen LogP contribution in [-0.4, -0.2) is 35.3 Å². The van der Waals surface area contributed by atoms with Crippen LogP contribution in [0.3, 0.4) is 0 Å². The molecule has 4 rings (SSSR count). The maximum absolute atomic E-state index is 12.0. The quantitative estimate of drug-likeness (QED) is 0.831. The van der Waals surface area contributed by atoms with Crippen LogP contribution in [0.1, 0.15) is 12.8 Å². The monoisotopic (exact) mass is 289 g/mol. The number of nitrogens with zero attached hydrogens (tertiary/aromatic N) is 2. The van der Waals surface area contributed by atoms with Gasteiger partial charge in [-0.1, -0.05) is 23.5 Å². The van der Waals surface area contributed by atoms with Crippen molar-refractivity contribution in [3.8, 4) is 0 Å². The number of nitrogens with one attached hydrogen (secondary N) is 1. The van der Waals surface area contributed by atoms with E-state index in [1.54, 1.807) is 11.3 Å². The first-order valence-corrected chi connectivity index (χ1v) is 7.58. The Morgan fingerprint density at radius 1 is 1.45 bits per heavy atom. The number of fused-ring (bicyclic) bond motifs is 1. The third kappa shape index (κ3) is 1.72. The lowest BCUT2D eigenvalue weighted by Gasteiger charge is -2.20. The minimum atomic E-state index is -0.696. The average Bonchev–Trinajstić information content (AvgIpc) is 3.08. The van der Waals surface area contributed by atoms with E-state index in [1.165, 1.54) is 4.70 Å². The van der Waals surface area contributed by atoms with Crippen molar-refractivity contribution in [2.75, 3.05) is 18.0 Å². The largest absolute Gasteiger partial charge is 0.374 e. The second kappa shape index (κ2) is 4.17. The molecule has 0 saturated carbocycles. The van der Waals surface area contributed by atoms with Crippen molar-refractivity contribution in [3.63, 3.8) is 0 Å². The highest BCUT2D eigenvalue weighted by molar-refractivity contribution is 7.22. The molecular formula is C14H15N3O2S. The number of hydrogen-bond acceptors (Lipinski definition) is 5. The zero-order valence-electron chi connectivity index (χ0n) is 10.9. The van der Waals surface area contributed by atoms with Crippen LogP contribution in [-0.2, 0) is 4.79 Å². The summed E-state index contributed by atoms with van der Waals surface area (Å²) in [6.07, 6.45) is 0.594. The van der Waals surface area contributed by atoms with Crippen LogP contribution in [0.5, 0.6) is 0 Å². The first kappa shape index (κ1) is 12.1. The predicted octanol–water partition coefficient (Wildman–Crippen LogP) is 1.33. The van der Waals surface area contributed by atoms with E-state index in [4.69, 9.17) is 0 Å². The van der Waals surface area contributed by atoms with Crippen LogP contribution in [0, 0.1) is 5.41 Å². The number of anilines is 1. The van der Waals surface area contributed by atoms with E-state index >= 15 is 0 Å². The Hall–Kier alpha value is -1.66. The van der Waals surface area contributed by atoms with Gasteiger partial charge in [0.25, 0.3) is 0 Å². The van der Waals surface area contributed by atoms with Crippen LogP contribution in [0.25, 0.3) is 10.2 Å². The van der Waals surface area contributed by atoms with Gasteiger partial charge in [-0.2, -0.15) is 0 Å². The number of benzene rings is 1. The molecule has 1 aromatic carbocycles. The molecule has 2 aliphatic rings. The van der Waals surface area contributed by atoms with Crippen molar-refractivity contribution in [1.29, 1.82) is 0 Å². The third-order valence-electron chi connectivity index (χ3n) is 4.27. The summed E-state index contributed by atoms with van der Waals surface area (Å²) in [6.45, 7) is 1.47. The van der Waals surface area contributed by atoms with Gasteiger partial charge in [-0.15, -0.1) is 0 Å². The average molecular weight is 289 g/mol. The molecule has 1 spiro atoms. The highest BCUT2D eigenvalue weighted by atomic mass is 32.1. The molecule has 0 radical (unpaired) electrons. The van der Waals surface area contributed by atoms with E-state index in [0.717, 1.165) is 23.6 Å². The summed E-state index contributed by atoms with van der Waals surface area (Å²) in [6, 6.07) is 8.07. The van der Waals surface area contributed by atoms with Gasteiger partial charge in [-0.05, 0) is 18.6 Å². The first-order valence-electron chi connectivity index (χ1n) is 6.76. The highest BCUT2D eigenvalue weighted by Crippen LogP contribution is 2.42. The summed E-state index contributed by atoms with van der Waals surface area (Å²) in [7, 11) is 0. The number of amides is 1. The molecule has 2 fully saturated rings. The van der Waals surface area contributed by atoms with Gasteiger partial charge in [-0.25, -0.2) is 4.98 Å². The molecule has 6 heteroatoms. The molecule has 3 heterocycles. The molecule has 2 saturated heterocycles. The second-order valence-electron chi connectivity index (χ2n) is 5.61. The molecule has 0 bridgehead atoms. The summed E-state index contributed by atoms with van der Waals surface area (Å²) in [4.78, 5) is 18.9. The van der Waals surface area contributed by atoms with Crippen molar-refractivity contribution in [3.05, 3.63) is 24.3 Å². The number of para-hydroxylation sites is 1. The number of thiazole rings is 1. The topological polar surface area (TPSA) is 65.5 Å². The number of carbonyl (C=O) groups excluding carboxylic acids is 1. The van der Waals surface area contributed by atoms with Gasteiger partial charge in [0.2, 0.25) is 5.91 Å². The maximum atomic E-state index is 12.0. The number of aliphatic hydroxyl groups excluding tert-OH is 1. The molecule has 2 unspecified atom stereocenters. The predicted molar refractivity (Wildman–Crippen MR) is 77.6 cm³/mol. The summed E-state index contributed by atoms with van der Waals surface area (Å²) >= 11 is 1.66. The van der Waals surface area contributed by atoms with Crippen LogP contribution in [0.2, 0.25) is 0 Å². The van der Waals surface area contributed by atoms with Gasteiger partial charge in [0.15, 0.2) is 5.13 Å². The molecule has 2 aromatic rings. The zero-order chi connectivity index (χ0) is 13.7. The van der Waals surface area contributed by atoms with Crippen LogP contribution < -0.4 is 10.2 Å². The normalized spacial score (nSPS) is 29.6. The molecule has 1 aromatic heterocycles. The lowest BCUT2D eigenvalue weighted by Crippen LogP contribution is -2.34. The molecule has 2 aliphatic heterocycles. The summed E-state index contributed by atoms with van der Waals surface area (Å²) < 4.78 is 1.17. The van der Waals surface area contributed by atoms with Crippen LogP contribution >= 0.6 is 11.3 Å². The van der Waals surface area contributed by atoms with Crippen molar-refractivity contribution >= 4 is 32.6 Å². The standard InChI is InChI=1S/C14H15N3O2S/c18-11-7-14(12(19)16-11)5-6-17(8-14)13-15-9-3-1-2-4-10(9)20-13/h1-4,11,18H,5-8H2,(H,16,19). The van der Waals surface area contributed by atoms with Crippen LogP contribution in [0.4, 0.5) is 5.13 Å². The Kier molecular flexibility index (Phi) is 2.52. The Bertz CT molecular complexity index is 653. The van der Waals surface area contributed by atoms with Gasteiger partial charge >= 0.3 is 0 Å². The van der Waals surface area contributed by atoms with Gasteiger partial charge < -0.3 is 15.3 Å². The summed E-state index contributed by atoms with van der Waals surface area (Å²) in [5.41, 5.74) is 0.571. The number of rotatable bonds is 1. The van der Waals surface area contributed by atoms with Crippen molar-refractivity contribution in [2.24, 2.45) is 5.41 Å². The minimum Gasteiger partial charge on any atom is -0.374 e. The fourth-order valence-corrected chi connectivity index (χ4v) is 4.19. The maximum Gasteiger partial charge on any atom is 0.230 e. The van der Waals surface area contributed by atoms with Crippen molar-refractivity contribution in [1.82, 2.24) is 10.3 Å². The second-order valence-corrected chi connectivity index (χ2v) is 6.62. The van der Waals surface area contributed by atoms with Crippen LogP contribution in [0.15, 0.2) is 24.3 Å². The van der Waals surface area contributed by atoms with Crippen molar-refractivity contribution in [2.45, 2.75) is 19.1 Å². The lowest BCUT2D eigenvalue weighted by atomic mass is 9.85. The summed E-state index contributed by atoms with van der Waals surface area (Å²) in [5, 5.41) is 13.2. The Morgan fingerprint density at radius 3 is 3.05 bits per heavy atom. The molecule has 1 amide bonds. The van der Waals surface area contributed by atoms with E-state index in [9.17, 15) is 9.90 Å². The van der Waals surface area contributed by atoms with E-state index in [1.807, 2.05) is 18.2 Å². The van der Waals surface area contributed by atoms with E-state index in [0.29, 0.717) is 13.0 Å². The fourth-order valence-electron chi connectivity index (χ4n) is 3.20. The zero-order valence-corrected chi connectivity index (χ0v) is 11.7. The van der Waals surface area contributed by atoms with Gasteiger partial charge in [0, 0.05) is 19.5 Å². The smallest absolute Gasteiger partial charge is 0.230 e. The first-order chi connectivity index (χ1) is 9.66. The molecule has 5 nitrogen and oxygen atoms in total. The number of carbonyl (C=O) groups is 1. The number of aromatic nitrogens is 1. The van der Waals surface area contributed by atoms with Gasteiger partial charge in [-0.3, -0.25) is 4.79 Å². The molecule has 0 aliphatic carbocycles. The number of aliphatic hydroxyl groups is 1. The van der Waals surface area contributed by atoms with Gasteiger partial charge in [0.1, 0.15) is 6.23 Å². The number of hydrogen-bond donors (Lipinski definition) is 2. The Morgan fingerprint density at radius 2 is 2.30 bits per heavy atom. The molecule has 20 heavy (non-hydrogen) atoms. The fraction of sp³-hybridized carbons (Fsp3) is 0.429. The van der Waals surface area contributed by atoms with E-state index in [2.05, 4.69) is 21.3 Å². The Balaban J connectivity index is 1.63. The van der Waals surface area contributed by atoms with Gasteiger partial charge in [0.05, 0.1) is 15.6 Å². The third-order valence-corrected chi connectivity index (χ3v) is 5.37. The molecule has 104 valence electrons. The molecule has 2 atom stereocenters. The lowest BCUT2D eigenvalue weighted by molar-refractivity contribution is -0.127. The Labute approximate surface area is 120 Å². The van der Waals surface area contributed by atoms with E-state index < -0.39 is 11.6 Å². The SMILES string of the molecule is O=C1NC(O)CC12CCN(c1nc3ccccc3s1)C2. The molecule has 2 N–H and O–H groups in total. The summed E-state index contributed by atoms with van der Waals surface area (Å²) in [5.74, 6) is -0.0198. The molecular weight excluding hydrogens is 274 g/mol. The highest BCUT2D eigenvalue weighted by Gasteiger charge is 2.51.